The van der Waals surface area contributed by atoms with Crippen molar-refractivity contribution in [2.24, 2.45) is 0 Å². The molecule has 0 unspecified atom stereocenters. The molecule has 1 heterocycles. The van der Waals surface area contributed by atoms with Crippen LogP contribution in [0.15, 0.2) is 29.7 Å². The summed E-state index contributed by atoms with van der Waals surface area (Å²) >= 11 is 1.66. The Bertz CT molecular complexity index is 884. The number of thiophene rings is 1. The first-order valence-corrected chi connectivity index (χ1v) is 10.6. The number of benzene rings is 1. The SMILES string of the molecule is CCOC(=O)C=Cc1cc(-c2cc3c(cc2C)C(C)(C)CCC3(C)C)cs1. The zero-order chi connectivity index (χ0) is 19.8. The molecular formula is C24H30O2S. The average Bonchev–Trinajstić information content (AvgIpc) is 3.06. The molecule has 0 fully saturated rings. The van der Waals surface area contributed by atoms with Crippen LogP contribution in [0.1, 0.15) is 69.0 Å². The molecule has 0 saturated carbocycles. The van der Waals surface area contributed by atoms with Gasteiger partial charge >= 0.3 is 5.97 Å². The molecule has 0 spiro atoms. The number of hydrogen-bond donors (Lipinski definition) is 0. The van der Waals surface area contributed by atoms with Gasteiger partial charge in [0.15, 0.2) is 0 Å². The predicted octanol–water partition coefficient (Wildman–Crippen LogP) is 6.65. The van der Waals surface area contributed by atoms with Crippen molar-refractivity contribution in [1.29, 1.82) is 0 Å². The summed E-state index contributed by atoms with van der Waals surface area (Å²) in [5.74, 6) is -0.290. The third-order valence-corrected chi connectivity index (χ3v) is 6.70. The minimum absolute atomic E-state index is 0.204. The zero-order valence-corrected chi connectivity index (χ0v) is 18.1. The largest absolute Gasteiger partial charge is 0.463 e. The molecular weight excluding hydrogens is 352 g/mol. The van der Waals surface area contributed by atoms with E-state index in [-0.39, 0.29) is 16.8 Å². The van der Waals surface area contributed by atoms with E-state index in [2.05, 4.69) is 58.2 Å². The lowest BCUT2D eigenvalue weighted by Crippen LogP contribution is -2.34. The van der Waals surface area contributed by atoms with E-state index in [1.165, 1.54) is 46.7 Å². The van der Waals surface area contributed by atoms with Crippen LogP contribution < -0.4 is 0 Å². The summed E-state index contributed by atoms with van der Waals surface area (Å²) in [6.07, 6.45) is 5.79. The second-order valence-electron chi connectivity index (χ2n) is 8.80. The average molecular weight is 383 g/mol. The molecule has 2 nitrogen and oxygen atoms in total. The Balaban J connectivity index is 1.98. The maximum absolute atomic E-state index is 11.5. The van der Waals surface area contributed by atoms with Gasteiger partial charge in [-0.25, -0.2) is 4.79 Å². The van der Waals surface area contributed by atoms with Crippen LogP contribution in [0.4, 0.5) is 0 Å². The fourth-order valence-corrected chi connectivity index (χ4v) is 4.75. The summed E-state index contributed by atoms with van der Waals surface area (Å²) in [6, 6.07) is 6.97. The lowest BCUT2D eigenvalue weighted by atomic mass is 9.62. The van der Waals surface area contributed by atoms with Crippen molar-refractivity contribution in [2.45, 2.75) is 65.2 Å². The van der Waals surface area contributed by atoms with Gasteiger partial charge in [0.2, 0.25) is 0 Å². The summed E-state index contributed by atoms with van der Waals surface area (Å²) in [5, 5.41) is 2.18. The molecule has 27 heavy (non-hydrogen) atoms. The maximum atomic E-state index is 11.5. The Hall–Kier alpha value is -1.87. The van der Waals surface area contributed by atoms with Gasteiger partial charge in [0.25, 0.3) is 0 Å². The minimum atomic E-state index is -0.290. The number of ether oxygens (including phenoxy) is 1. The number of carbonyl (C=O) groups excluding carboxylic acids is 1. The van der Waals surface area contributed by atoms with Gasteiger partial charge in [-0.3, -0.25) is 0 Å². The highest BCUT2D eigenvalue weighted by molar-refractivity contribution is 7.11. The lowest BCUT2D eigenvalue weighted by molar-refractivity contribution is -0.137. The van der Waals surface area contributed by atoms with Crippen LogP contribution in [0.2, 0.25) is 0 Å². The molecule has 1 aliphatic carbocycles. The Morgan fingerprint density at radius 2 is 1.74 bits per heavy atom. The van der Waals surface area contributed by atoms with Crippen molar-refractivity contribution in [2.75, 3.05) is 6.61 Å². The van der Waals surface area contributed by atoms with Crippen molar-refractivity contribution < 1.29 is 9.53 Å². The minimum Gasteiger partial charge on any atom is -0.463 e. The second-order valence-corrected chi connectivity index (χ2v) is 9.75. The van der Waals surface area contributed by atoms with Crippen LogP contribution in [-0.2, 0) is 20.4 Å². The molecule has 1 aliphatic rings. The van der Waals surface area contributed by atoms with E-state index in [4.69, 9.17) is 4.74 Å². The number of carbonyl (C=O) groups is 1. The summed E-state index contributed by atoms with van der Waals surface area (Å²) in [7, 11) is 0. The van der Waals surface area contributed by atoms with E-state index < -0.39 is 0 Å². The summed E-state index contributed by atoms with van der Waals surface area (Å²) in [5.41, 5.74) is 7.26. The van der Waals surface area contributed by atoms with E-state index in [0.29, 0.717) is 6.61 Å². The Kier molecular flexibility index (Phi) is 5.36. The van der Waals surface area contributed by atoms with E-state index >= 15 is 0 Å². The molecule has 1 aromatic carbocycles. The van der Waals surface area contributed by atoms with Gasteiger partial charge in [-0.2, -0.15) is 0 Å². The highest BCUT2D eigenvalue weighted by Crippen LogP contribution is 2.47. The second kappa shape index (κ2) is 7.27. The van der Waals surface area contributed by atoms with Gasteiger partial charge in [0, 0.05) is 11.0 Å². The normalized spacial score (nSPS) is 17.7. The maximum Gasteiger partial charge on any atom is 0.330 e. The van der Waals surface area contributed by atoms with Crippen molar-refractivity contribution in [1.82, 2.24) is 0 Å². The molecule has 3 heteroatoms. The molecule has 0 radical (unpaired) electrons. The summed E-state index contributed by atoms with van der Waals surface area (Å²) < 4.78 is 4.96. The molecule has 0 saturated heterocycles. The number of hydrogen-bond acceptors (Lipinski definition) is 3. The van der Waals surface area contributed by atoms with Crippen LogP contribution in [0.25, 0.3) is 17.2 Å². The van der Waals surface area contributed by atoms with Gasteiger partial charge in [0.05, 0.1) is 6.61 Å². The molecule has 0 amide bonds. The highest BCUT2D eigenvalue weighted by Gasteiger charge is 2.37. The number of rotatable bonds is 4. The van der Waals surface area contributed by atoms with Crippen molar-refractivity contribution >= 4 is 23.4 Å². The highest BCUT2D eigenvalue weighted by atomic mass is 32.1. The number of aryl methyl sites for hydroxylation is 1. The molecule has 0 bridgehead atoms. The van der Waals surface area contributed by atoms with E-state index in [9.17, 15) is 4.79 Å². The van der Waals surface area contributed by atoms with Crippen LogP contribution in [0.3, 0.4) is 0 Å². The monoisotopic (exact) mass is 382 g/mol. The summed E-state index contributed by atoms with van der Waals surface area (Å²) in [4.78, 5) is 12.6. The molecule has 0 aliphatic heterocycles. The number of fused-ring (bicyclic) bond motifs is 1. The Labute approximate surface area is 167 Å². The Morgan fingerprint density at radius 1 is 1.11 bits per heavy atom. The quantitative estimate of drug-likeness (QED) is 0.437. The van der Waals surface area contributed by atoms with Crippen LogP contribution in [-0.4, -0.2) is 12.6 Å². The molecule has 2 aromatic rings. The molecule has 1 aromatic heterocycles. The molecule has 0 N–H and O–H groups in total. The van der Waals surface area contributed by atoms with Crippen LogP contribution >= 0.6 is 11.3 Å². The fraction of sp³-hybridized carbons (Fsp3) is 0.458. The van der Waals surface area contributed by atoms with Crippen molar-refractivity contribution in [3.63, 3.8) is 0 Å². The van der Waals surface area contributed by atoms with Gasteiger partial charge in [-0.1, -0.05) is 39.8 Å². The van der Waals surface area contributed by atoms with Gasteiger partial charge in [-0.15, -0.1) is 11.3 Å². The van der Waals surface area contributed by atoms with Gasteiger partial charge in [-0.05, 0) is 82.9 Å². The molecule has 0 atom stereocenters. The molecule has 3 rings (SSSR count). The first kappa shape index (κ1) is 19.9. The van der Waals surface area contributed by atoms with Crippen molar-refractivity contribution in [3.8, 4) is 11.1 Å². The predicted molar refractivity (Wildman–Crippen MR) is 115 cm³/mol. The fourth-order valence-electron chi connectivity index (χ4n) is 3.96. The van der Waals surface area contributed by atoms with Gasteiger partial charge in [0.1, 0.15) is 0 Å². The molecule has 144 valence electrons. The first-order chi connectivity index (χ1) is 12.6. The zero-order valence-electron chi connectivity index (χ0n) is 17.3. The smallest absolute Gasteiger partial charge is 0.330 e. The summed E-state index contributed by atoms with van der Waals surface area (Å²) in [6.45, 7) is 13.9. The third-order valence-electron chi connectivity index (χ3n) is 5.80. The lowest BCUT2D eigenvalue weighted by Gasteiger charge is -2.42. The third kappa shape index (κ3) is 4.03. The first-order valence-electron chi connectivity index (χ1n) is 9.73. The van der Waals surface area contributed by atoms with E-state index in [1.54, 1.807) is 11.3 Å². The van der Waals surface area contributed by atoms with E-state index in [1.807, 2.05) is 13.0 Å². The van der Waals surface area contributed by atoms with E-state index in [0.717, 1.165) is 4.88 Å². The van der Waals surface area contributed by atoms with Crippen molar-refractivity contribution in [3.05, 3.63) is 51.2 Å². The van der Waals surface area contributed by atoms with Crippen LogP contribution in [0.5, 0.6) is 0 Å². The van der Waals surface area contributed by atoms with Crippen LogP contribution in [0, 0.1) is 6.92 Å². The standard InChI is InChI=1S/C24H30O2S/c1-7-26-22(25)9-8-18-13-17(15-27-18)19-14-21-20(12-16(19)2)23(3,4)10-11-24(21,5)6/h8-9,12-15H,7,10-11H2,1-6H3. The van der Waals surface area contributed by atoms with Gasteiger partial charge < -0.3 is 4.74 Å². The topological polar surface area (TPSA) is 26.3 Å². The number of esters is 1. The Morgan fingerprint density at radius 3 is 2.37 bits per heavy atom.